The highest BCUT2D eigenvalue weighted by molar-refractivity contribution is 5.60. The maximum Gasteiger partial charge on any atom is 0.129 e. The fourth-order valence-electron chi connectivity index (χ4n) is 3.48. The minimum Gasteiger partial charge on any atom is -0.380 e. The van der Waals surface area contributed by atoms with Gasteiger partial charge in [0.25, 0.3) is 0 Å². The third kappa shape index (κ3) is 3.33. The van der Waals surface area contributed by atoms with Crippen molar-refractivity contribution in [3.63, 3.8) is 0 Å². The van der Waals surface area contributed by atoms with Gasteiger partial charge in [0.2, 0.25) is 0 Å². The van der Waals surface area contributed by atoms with Gasteiger partial charge in [-0.05, 0) is 32.2 Å². The van der Waals surface area contributed by atoms with Crippen LogP contribution < -0.4 is 0 Å². The molecule has 1 saturated carbocycles. The first-order valence-corrected chi connectivity index (χ1v) is 7.58. The van der Waals surface area contributed by atoms with Gasteiger partial charge in [0.15, 0.2) is 0 Å². The van der Waals surface area contributed by atoms with E-state index in [0.29, 0.717) is 12.6 Å². The molecule has 0 aromatic heterocycles. The Morgan fingerprint density at radius 1 is 1.28 bits per heavy atom. The number of ether oxygens (including phenoxy) is 1. The van der Waals surface area contributed by atoms with E-state index in [1.165, 1.54) is 32.1 Å². The minimum absolute atomic E-state index is 0.230. The zero-order valence-corrected chi connectivity index (χ0v) is 11.7. The van der Waals surface area contributed by atoms with Crippen LogP contribution in [-0.4, -0.2) is 43.5 Å². The molecule has 0 bridgehead atoms. The van der Waals surface area contributed by atoms with E-state index in [9.17, 15) is 4.79 Å². The molecule has 0 aromatic carbocycles. The Bertz CT molecular complexity index is 255. The fraction of sp³-hybridized carbons (Fsp3) is 0.933. The highest BCUT2D eigenvalue weighted by Crippen LogP contribution is 2.30. The number of carbonyl (C=O) groups is 1. The molecule has 1 saturated heterocycles. The summed E-state index contributed by atoms with van der Waals surface area (Å²) in [5, 5.41) is 0. The van der Waals surface area contributed by atoms with Crippen molar-refractivity contribution in [3.8, 4) is 0 Å². The second-order valence-electron chi connectivity index (χ2n) is 5.99. The molecule has 3 heteroatoms. The average molecular weight is 253 g/mol. The van der Waals surface area contributed by atoms with Gasteiger partial charge in [0.05, 0.1) is 12.0 Å². The van der Waals surface area contributed by atoms with E-state index in [2.05, 4.69) is 11.8 Å². The zero-order valence-electron chi connectivity index (χ0n) is 11.7. The molecule has 0 aromatic rings. The SMILES string of the molecule is CCN(CC1(C=O)CCCOC1)C1CCCCC1. The molecule has 1 atom stereocenters. The third-order valence-electron chi connectivity index (χ3n) is 4.62. The lowest BCUT2D eigenvalue weighted by Gasteiger charge is -2.41. The van der Waals surface area contributed by atoms with E-state index < -0.39 is 0 Å². The van der Waals surface area contributed by atoms with E-state index in [1.54, 1.807) is 0 Å². The largest absolute Gasteiger partial charge is 0.380 e. The van der Waals surface area contributed by atoms with Gasteiger partial charge in [-0.3, -0.25) is 4.90 Å². The van der Waals surface area contributed by atoms with E-state index in [4.69, 9.17) is 4.74 Å². The molecule has 1 unspecified atom stereocenters. The van der Waals surface area contributed by atoms with Gasteiger partial charge in [0, 0.05) is 19.2 Å². The summed E-state index contributed by atoms with van der Waals surface area (Å²) in [7, 11) is 0. The molecule has 104 valence electrons. The second-order valence-corrected chi connectivity index (χ2v) is 5.99. The molecule has 0 spiro atoms. The van der Waals surface area contributed by atoms with Crippen LogP contribution in [0.5, 0.6) is 0 Å². The van der Waals surface area contributed by atoms with Gasteiger partial charge < -0.3 is 9.53 Å². The van der Waals surface area contributed by atoms with Crippen molar-refractivity contribution in [1.82, 2.24) is 4.90 Å². The van der Waals surface area contributed by atoms with Crippen LogP contribution in [0.4, 0.5) is 0 Å². The standard InChI is InChI=1S/C15H27NO2/c1-2-16(14-7-4-3-5-8-14)11-15(12-17)9-6-10-18-13-15/h12,14H,2-11,13H2,1H3. The molecule has 0 amide bonds. The van der Waals surface area contributed by atoms with Crippen molar-refractivity contribution >= 4 is 6.29 Å². The molecular weight excluding hydrogens is 226 g/mol. The Kier molecular flexibility index (Phi) is 5.19. The summed E-state index contributed by atoms with van der Waals surface area (Å²) in [6.45, 7) is 5.62. The van der Waals surface area contributed by atoms with Gasteiger partial charge in [-0.15, -0.1) is 0 Å². The minimum atomic E-state index is -0.230. The highest BCUT2D eigenvalue weighted by Gasteiger charge is 2.36. The summed E-state index contributed by atoms with van der Waals surface area (Å²) < 4.78 is 5.55. The van der Waals surface area contributed by atoms with E-state index >= 15 is 0 Å². The molecule has 1 aliphatic carbocycles. The fourth-order valence-corrected chi connectivity index (χ4v) is 3.48. The van der Waals surface area contributed by atoms with Crippen molar-refractivity contribution in [3.05, 3.63) is 0 Å². The second kappa shape index (κ2) is 6.67. The maximum absolute atomic E-state index is 11.5. The van der Waals surface area contributed by atoms with Gasteiger partial charge >= 0.3 is 0 Å². The van der Waals surface area contributed by atoms with Gasteiger partial charge in [-0.1, -0.05) is 26.2 Å². The first-order valence-electron chi connectivity index (χ1n) is 7.58. The first-order chi connectivity index (χ1) is 8.79. The van der Waals surface area contributed by atoms with Crippen LogP contribution in [0.2, 0.25) is 0 Å². The molecule has 1 heterocycles. The van der Waals surface area contributed by atoms with Crippen LogP contribution in [-0.2, 0) is 9.53 Å². The summed E-state index contributed by atoms with van der Waals surface area (Å²) >= 11 is 0. The normalized spacial score (nSPS) is 30.6. The van der Waals surface area contributed by atoms with Gasteiger partial charge in [-0.25, -0.2) is 0 Å². The predicted octanol–water partition coefficient (Wildman–Crippen LogP) is 2.64. The molecule has 2 fully saturated rings. The Labute approximate surface area is 111 Å². The molecule has 3 nitrogen and oxygen atoms in total. The van der Waals surface area contributed by atoms with Crippen molar-refractivity contribution in [1.29, 1.82) is 0 Å². The molecule has 0 N–H and O–H groups in total. The predicted molar refractivity (Wildman–Crippen MR) is 72.7 cm³/mol. The van der Waals surface area contributed by atoms with Crippen LogP contribution in [0.15, 0.2) is 0 Å². The van der Waals surface area contributed by atoms with Crippen molar-refractivity contribution in [2.45, 2.75) is 57.9 Å². The smallest absolute Gasteiger partial charge is 0.129 e. The number of hydrogen-bond acceptors (Lipinski definition) is 3. The summed E-state index contributed by atoms with van der Waals surface area (Å²) in [5.74, 6) is 0. The van der Waals surface area contributed by atoms with Crippen molar-refractivity contribution in [2.24, 2.45) is 5.41 Å². The molecule has 0 radical (unpaired) electrons. The summed E-state index contributed by atoms with van der Waals surface area (Å²) in [5.41, 5.74) is -0.230. The van der Waals surface area contributed by atoms with Crippen molar-refractivity contribution in [2.75, 3.05) is 26.3 Å². The lowest BCUT2D eigenvalue weighted by molar-refractivity contribution is -0.126. The summed E-state index contributed by atoms with van der Waals surface area (Å²) in [6.07, 6.45) is 9.90. The number of carbonyl (C=O) groups excluding carboxylic acids is 1. The number of rotatable bonds is 5. The zero-order chi connectivity index (χ0) is 12.8. The molecule has 1 aliphatic heterocycles. The Morgan fingerprint density at radius 3 is 2.61 bits per heavy atom. The number of aldehydes is 1. The number of hydrogen-bond donors (Lipinski definition) is 0. The van der Waals surface area contributed by atoms with Crippen molar-refractivity contribution < 1.29 is 9.53 Å². The summed E-state index contributed by atoms with van der Waals surface area (Å²) in [6, 6.07) is 0.697. The lowest BCUT2D eigenvalue weighted by atomic mass is 9.82. The monoisotopic (exact) mass is 253 g/mol. The van der Waals surface area contributed by atoms with Crippen LogP contribution in [0.3, 0.4) is 0 Å². The quantitative estimate of drug-likeness (QED) is 0.705. The topological polar surface area (TPSA) is 29.5 Å². The average Bonchev–Trinajstić information content (AvgIpc) is 2.47. The number of nitrogens with zero attached hydrogens (tertiary/aromatic N) is 1. The van der Waals surface area contributed by atoms with Crippen LogP contribution in [0.1, 0.15) is 51.9 Å². The Morgan fingerprint density at radius 2 is 2.06 bits per heavy atom. The van der Waals surface area contributed by atoms with E-state index in [0.717, 1.165) is 38.8 Å². The molecule has 18 heavy (non-hydrogen) atoms. The highest BCUT2D eigenvalue weighted by atomic mass is 16.5. The van der Waals surface area contributed by atoms with Gasteiger partial charge in [0.1, 0.15) is 6.29 Å². The maximum atomic E-state index is 11.5. The van der Waals surface area contributed by atoms with E-state index in [-0.39, 0.29) is 5.41 Å². The van der Waals surface area contributed by atoms with E-state index in [1.807, 2.05) is 0 Å². The van der Waals surface area contributed by atoms with Crippen LogP contribution in [0.25, 0.3) is 0 Å². The third-order valence-corrected chi connectivity index (χ3v) is 4.62. The Balaban J connectivity index is 1.96. The summed E-state index contributed by atoms with van der Waals surface area (Å²) in [4.78, 5) is 14.0. The lowest BCUT2D eigenvalue weighted by Crippen LogP contribution is -2.48. The molecule has 2 aliphatic rings. The first kappa shape index (κ1) is 14.0. The molecule has 2 rings (SSSR count). The van der Waals surface area contributed by atoms with Crippen LogP contribution in [0, 0.1) is 5.41 Å². The Hall–Kier alpha value is -0.410. The molecular formula is C15H27NO2. The van der Waals surface area contributed by atoms with Crippen LogP contribution >= 0.6 is 0 Å². The van der Waals surface area contributed by atoms with Gasteiger partial charge in [-0.2, -0.15) is 0 Å².